The Morgan fingerprint density at radius 2 is 1.57 bits per heavy atom. The molecular formula is C21H32O5S2. The van der Waals surface area contributed by atoms with E-state index in [9.17, 15) is 9.59 Å². The fourth-order valence-corrected chi connectivity index (χ4v) is 5.22. The van der Waals surface area contributed by atoms with Gasteiger partial charge in [-0.2, -0.15) is 0 Å². The first-order valence-corrected chi connectivity index (χ1v) is 12.0. The van der Waals surface area contributed by atoms with Crippen molar-refractivity contribution in [2.75, 3.05) is 18.1 Å². The van der Waals surface area contributed by atoms with Gasteiger partial charge in [0.1, 0.15) is 5.75 Å². The summed E-state index contributed by atoms with van der Waals surface area (Å²) in [4.78, 5) is 21.6. The van der Waals surface area contributed by atoms with Crippen LogP contribution in [0.15, 0.2) is 24.3 Å². The van der Waals surface area contributed by atoms with Crippen LogP contribution in [0.2, 0.25) is 0 Å². The molecule has 0 bridgehead atoms. The van der Waals surface area contributed by atoms with Crippen LogP contribution in [-0.2, 0) is 9.59 Å². The summed E-state index contributed by atoms with van der Waals surface area (Å²) in [6, 6.07) is 7.85. The van der Waals surface area contributed by atoms with Gasteiger partial charge in [0.05, 0.1) is 24.0 Å². The summed E-state index contributed by atoms with van der Waals surface area (Å²) in [6.45, 7) is 2.90. The lowest BCUT2D eigenvalue weighted by atomic mass is 10.1. The van der Waals surface area contributed by atoms with Crippen LogP contribution in [0, 0.1) is 0 Å². The highest BCUT2D eigenvalue weighted by Gasteiger charge is 2.15. The van der Waals surface area contributed by atoms with E-state index in [1.807, 2.05) is 24.3 Å². The van der Waals surface area contributed by atoms with Crippen molar-refractivity contribution in [2.24, 2.45) is 0 Å². The monoisotopic (exact) mass is 428 g/mol. The summed E-state index contributed by atoms with van der Waals surface area (Å²) in [5.41, 5.74) is 1.03. The molecule has 0 aliphatic rings. The highest BCUT2D eigenvalue weighted by molar-refractivity contribution is 8.16. The first kappa shape index (κ1) is 24.7. The number of ether oxygens (including phenoxy) is 1. The largest absolute Gasteiger partial charge is 0.494 e. The fraction of sp³-hybridized carbons (Fsp3) is 0.619. The third-order valence-electron chi connectivity index (χ3n) is 4.07. The van der Waals surface area contributed by atoms with Gasteiger partial charge in [0.2, 0.25) is 0 Å². The fourth-order valence-electron chi connectivity index (χ4n) is 2.57. The van der Waals surface area contributed by atoms with Crippen LogP contribution in [0.4, 0.5) is 0 Å². The van der Waals surface area contributed by atoms with E-state index in [2.05, 4.69) is 6.92 Å². The van der Waals surface area contributed by atoms with Gasteiger partial charge < -0.3 is 14.9 Å². The Morgan fingerprint density at radius 1 is 0.964 bits per heavy atom. The van der Waals surface area contributed by atoms with Crippen LogP contribution in [0.25, 0.3) is 0 Å². The van der Waals surface area contributed by atoms with Crippen LogP contribution in [0.5, 0.6) is 5.75 Å². The Balaban J connectivity index is 2.54. The van der Waals surface area contributed by atoms with Crippen LogP contribution in [0.1, 0.15) is 68.4 Å². The van der Waals surface area contributed by atoms with E-state index in [-0.39, 0.29) is 17.4 Å². The first-order chi connectivity index (χ1) is 13.5. The van der Waals surface area contributed by atoms with Crippen molar-refractivity contribution in [3.05, 3.63) is 29.8 Å². The molecule has 1 rings (SSSR count). The van der Waals surface area contributed by atoms with Gasteiger partial charge in [-0.25, -0.2) is 0 Å². The predicted molar refractivity (Wildman–Crippen MR) is 117 cm³/mol. The van der Waals surface area contributed by atoms with Gasteiger partial charge in [0.25, 0.3) is 0 Å². The first-order valence-electron chi connectivity index (χ1n) is 9.92. The molecule has 1 aromatic carbocycles. The number of thioether (sulfide) groups is 2. The van der Waals surface area contributed by atoms with Crippen LogP contribution in [0.3, 0.4) is 0 Å². The number of hydrogen-bond donors (Lipinski definition) is 2. The molecule has 158 valence electrons. The minimum atomic E-state index is -0.821. The number of benzene rings is 1. The standard InChI is InChI=1S/C21H32O5S2/c1-2-3-4-5-6-7-13-26-18-10-8-9-17(16-18)21(27-14-11-19(22)23)28-15-12-20(24)25/h8-10,16,21H,2-7,11-15H2,1H3,(H,22,23)(H,24,25). The van der Waals surface area contributed by atoms with E-state index in [0.717, 1.165) is 17.7 Å². The molecule has 0 atom stereocenters. The zero-order valence-electron chi connectivity index (χ0n) is 16.6. The molecular weight excluding hydrogens is 396 g/mol. The molecule has 0 unspecified atom stereocenters. The molecule has 0 aliphatic carbocycles. The molecule has 0 saturated heterocycles. The zero-order valence-corrected chi connectivity index (χ0v) is 18.2. The number of unbranched alkanes of at least 4 members (excludes halogenated alkanes) is 5. The van der Waals surface area contributed by atoms with E-state index < -0.39 is 11.9 Å². The van der Waals surface area contributed by atoms with Crippen molar-refractivity contribution in [1.82, 2.24) is 0 Å². The quantitative estimate of drug-likeness (QED) is 0.238. The van der Waals surface area contributed by atoms with Crippen molar-refractivity contribution >= 4 is 35.5 Å². The molecule has 0 amide bonds. The van der Waals surface area contributed by atoms with Gasteiger partial charge in [-0.3, -0.25) is 9.59 Å². The zero-order chi connectivity index (χ0) is 20.6. The number of rotatable bonds is 17. The summed E-state index contributed by atoms with van der Waals surface area (Å²) in [7, 11) is 0. The van der Waals surface area contributed by atoms with Gasteiger partial charge in [-0.05, 0) is 24.1 Å². The lowest BCUT2D eigenvalue weighted by molar-refractivity contribution is -0.137. The maximum atomic E-state index is 10.8. The Morgan fingerprint density at radius 3 is 2.18 bits per heavy atom. The molecule has 0 saturated carbocycles. The lowest BCUT2D eigenvalue weighted by Crippen LogP contribution is -2.02. The SMILES string of the molecule is CCCCCCCCOc1cccc(C(SCCC(=O)O)SCCC(=O)O)c1. The molecule has 0 radical (unpaired) electrons. The third-order valence-corrected chi connectivity index (χ3v) is 6.91. The Hall–Kier alpha value is -1.34. The molecule has 0 spiro atoms. The van der Waals surface area contributed by atoms with Gasteiger partial charge in [-0.15, -0.1) is 23.5 Å². The maximum Gasteiger partial charge on any atom is 0.304 e. The normalized spacial score (nSPS) is 10.9. The number of carboxylic acids is 2. The Labute approximate surface area is 176 Å². The van der Waals surface area contributed by atoms with Crippen LogP contribution in [-0.4, -0.2) is 40.3 Å². The summed E-state index contributed by atoms with van der Waals surface area (Å²) < 4.78 is 5.88. The number of aliphatic carboxylic acids is 2. The molecule has 5 nitrogen and oxygen atoms in total. The van der Waals surface area contributed by atoms with Crippen LogP contribution >= 0.6 is 23.5 Å². The van der Waals surface area contributed by atoms with Gasteiger partial charge in [-0.1, -0.05) is 51.2 Å². The maximum absolute atomic E-state index is 10.8. The number of carboxylic acid groups (broad SMARTS) is 2. The Kier molecular flexibility index (Phi) is 13.7. The van der Waals surface area contributed by atoms with E-state index >= 15 is 0 Å². The average Bonchev–Trinajstić information content (AvgIpc) is 2.66. The van der Waals surface area contributed by atoms with Crippen LogP contribution < -0.4 is 4.74 Å². The van der Waals surface area contributed by atoms with E-state index in [1.165, 1.54) is 55.6 Å². The molecule has 28 heavy (non-hydrogen) atoms. The summed E-state index contributed by atoms with van der Waals surface area (Å²) >= 11 is 3.07. The second-order valence-corrected chi connectivity index (χ2v) is 9.27. The number of hydrogen-bond acceptors (Lipinski definition) is 5. The van der Waals surface area contributed by atoms with Gasteiger partial charge >= 0.3 is 11.9 Å². The van der Waals surface area contributed by atoms with Crippen molar-refractivity contribution in [1.29, 1.82) is 0 Å². The molecule has 2 N–H and O–H groups in total. The lowest BCUT2D eigenvalue weighted by Gasteiger charge is -2.17. The van der Waals surface area contributed by atoms with Gasteiger partial charge in [0.15, 0.2) is 0 Å². The highest BCUT2D eigenvalue weighted by atomic mass is 32.2. The second kappa shape index (κ2) is 15.6. The summed E-state index contributed by atoms with van der Waals surface area (Å²) in [6.07, 6.45) is 7.48. The molecule has 0 fully saturated rings. The topological polar surface area (TPSA) is 83.8 Å². The molecule has 7 heteroatoms. The minimum absolute atomic E-state index is 0.00343. The second-order valence-electron chi connectivity index (χ2n) is 6.55. The Bertz CT molecular complexity index is 560. The van der Waals surface area contributed by atoms with Gasteiger partial charge in [0, 0.05) is 11.5 Å². The van der Waals surface area contributed by atoms with E-state index in [4.69, 9.17) is 14.9 Å². The van der Waals surface area contributed by atoms with Crippen molar-refractivity contribution < 1.29 is 24.5 Å². The number of carbonyl (C=O) groups is 2. The molecule has 0 aliphatic heterocycles. The third kappa shape index (κ3) is 12.2. The predicted octanol–water partition coefficient (Wildman–Crippen LogP) is 5.84. The summed E-state index contributed by atoms with van der Waals surface area (Å²) in [5.74, 6) is 0.149. The van der Waals surface area contributed by atoms with Crippen molar-refractivity contribution in [3.8, 4) is 5.75 Å². The molecule has 0 heterocycles. The average molecular weight is 429 g/mol. The smallest absolute Gasteiger partial charge is 0.304 e. The molecule has 0 aromatic heterocycles. The minimum Gasteiger partial charge on any atom is -0.494 e. The summed E-state index contributed by atoms with van der Waals surface area (Å²) in [5, 5.41) is 17.7. The van der Waals surface area contributed by atoms with E-state index in [0.29, 0.717) is 18.1 Å². The van der Waals surface area contributed by atoms with Crippen molar-refractivity contribution in [2.45, 2.75) is 62.9 Å². The van der Waals surface area contributed by atoms with E-state index in [1.54, 1.807) is 0 Å². The molecule has 1 aromatic rings. The highest BCUT2D eigenvalue weighted by Crippen LogP contribution is 2.41. The van der Waals surface area contributed by atoms with Crippen molar-refractivity contribution in [3.63, 3.8) is 0 Å².